The van der Waals surface area contributed by atoms with Crippen molar-refractivity contribution in [3.63, 3.8) is 0 Å². The first-order chi connectivity index (χ1) is 13.2. The van der Waals surface area contributed by atoms with Crippen LogP contribution in [-0.2, 0) is 0 Å². The van der Waals surface area contributed by atoms with Gasteiger partial charge in [-0.3, -0.25) is 14.0 Å². The zero-order valence-electron chi connectivity index (χ0n) is 16.2. The number of aromatic nitrogens is 2. The predicted octanol–water partition coefficient (Wildman–Crippen LogP) is 3.71. The quantitative estimate of drug-likeness (QED) is 0.576. The fourth-order valence-electron chi connectivity index (χ4n) is 3.70. The lowest BCUT2D eigenvalue weighted by atomic mass is 10.1. The number of nitrogens with zero attached hydrogens (tertiary/aromatic N) is 2. The van der Waals surface area contributed by atoms with Gasteiger partial charge in [0.05, 0.1) is 5.52 Å². The minimum atomic E-state index is -0.219. The molecule has 2 aromatic heterocycles. The highest BCUT2D eigenvalue weighted by Gasteiger charge is 2.23. The number of unbranched alkanes of at least 4 members (excludes halogenated alkanes) is 2. The van der Waals surface area contributed by atoms with E-state index in [1.807, 2.05) is 18.2 Å². The Hall–Kier alpha value is -2.37. The summed E-state index contributed by atoms with van der Waals surface area (Å²) in [5, 5.41) is 6.05. The number of hydrogen-bond acceptors (Lipinski definition) is 3. The Morgan fingerprint density at radius 3 is 2.63 bits per heavy atom. The normalized spacial score (nSPS) is 15.4. The van der Waals surface area contributed by atoms with Crippen molar-refractivity contribution in [1.82, 2.24) is 20.0 Å². The number of carbonyl (C=O) groups excluding carboxylic acids is 2. The van der Waals surface area contributed by atoms with E-state index in [1.54, 1.807) is 10.6 Å². The summed E-state index contributed by atoms with van der Waals surface area (Å²) in [4.78, 5) is 29.8. The summed E-state index contributed by atoms with van der Waals surface area (Å²) in [6.45, 7) is 2.76. The molecule has 6 nitrogen and oxygen atoms in total. The van der Waals surface area contributed by atoms with E-state index in [0.29, 0.717) is 17.8 Å². The van der Waals surface area contributed by atoms with Crippen LogP contribution in [0.5, 0.6) is 0 Å². The molecule has 0 unspecified atom stereocenters. The molecule has 6 heteroatoms. The Balaban J connectivity index is 1.77. The Labute approximate surface area is 160 Å². The second-order valence-electron chi connectivity index (χ2n) is 7.36. The van der Waals surface area contributed by atoms with E-state index in [4.69, 9.17) is 0 Å². The smallest absolute Gasteiger partial charge is 0.287 e. The number of rotatable bonds is 7. The molecular weight excluding hydrogens is 340 g/mol. The molecule has 146 valence electrons. The number of nitrogens with one attached hydrogen (secondary N) is 2. The van der Waals surface area contributed by atoms with Crippen molar-refractivity contribution in [2.45, 2.75) is 70.8 Å². The van der Waals surface area contributed by atoms with Crippen molar-refractivity contribution in [1.29, 1.82) is 0 Å². The molecular formula is C21H30N4O2. The zero-order valence-corrected chi connectivity index (χ0v) is 16.2. The molecule has 27 heavy (non-hydrogen) atoms. The largest absolute Gasteiger partial charge is 0.351 e. The van der Waals surface area contributed by atoms with Gasteiger partial charge in [0.1, 0.15) is 0 Å². The van der Waals surface area contributed by atoms with Gasteiger partial charge in [-0.05, 0) is 31.4 Å². The van der Waals surface area contributed by atoms with E-state index in [9.17, 15) is 9.59 Å². The Morgan fingerprint density at radius 2 is 1.89 bits per heavy atom. The number of amides is 2. The Morgan fingerprint density at radius 1 is 1.11 bits per heavy atom. The molecule has 2 amide bonds. The number of carbonyl (C=O) groups is 2. The van der Waals surface area contributed by atoms with Crippen molar-refractivity contribution in [3.8, 4) is 0 Å². The lowest BCUT2D eigenvalue weighted by Crippen LogP contribution is -2.35. The summed E-state index contributed by atoms with van der Waals surface area (Å²) in [5.41, 5.74) is 0.981. The summed E-state index contributed by atoms with van der Waals surface area (Å²) in [6.07, 6.45) is 11.7. The van der Waals surface area contributed by atoms with Crippen molar-refractivity contribution >= 4 is 17.3 Å². The Kier molecular flexibility index (Phi) is 6.85. The molecule has 1 fully saturated rings. The van der Waals surface area contributed by atoms with E-state index in [0.717, 1.165) is 44.9 Å². The maximum atomic E-state index is 12.8. The minimum Gasteiger partial charge on any atom is -0.351 e. The second-order valence-corrected chi connectivity index (χ2v) is 7.36. The number of fused-ring (bicyclic) bond motifs is 1. The van der Waals surface area contributed by atoms with Crippen molar-refractivity contribution in [2.75, 3.05) is 6.54 Å². The molecule has 3 rings (SSSR count). The van der Waals surface area contributed by atoms with Gasteiger partial charge in [-0.1, -0.05) is 51.5 Å². The molecule has 2 heterocycles. The highest BCUT2D eigenvalue weighted by atomic mass is 16.2. The summed E-state index contributed by atoms with van der Waals surface area (Å²) >= 11 is 0. The topological polar surface area (TPSA) is 75.5 Å². The predicted molar refractivity (Wildman–Crippen MR) is 106 cm³/mol. The molecule has 0 saturated heterocycles. The lowest BCUT2D eigenvalue weighted by Gasteiger charge is -2.15. The number of pyridine rings is 1. The van der Waals surface area contributed by atoms with Gasteiger partial charge in [0.15, 0.2) is 5.69 Å². The zero-order chi connectivity index (χ0) is 19.1. The van der Waals surface area contributed by atoms with Crippen LogP contribution in [-0.4, -0.2) is 33.8 Å². The number of hydrogen-bond donors (Lipinski definition) is 2. The molecule has 0 spiro atoms. The van der Waals surface area contributed by atoms with Gasteiger partial charge in [0.25, 0.3) is 11.8 Å². The van der Waals surface area contributed by atoms with Crippen LogP contribution < -0.4 is 10.6 Å². The molecule has 2 aromatic rings. The van der Waals surface area contributed by atoms with Crippen LogP contribution in [0.3, 0.4) is 0 Å². The number of imidazole rings is 1. The monoisotopic (exact) mass is 370 g/mol. The van der Waals surface area contributed by atoms with Crippen LogP contribution >= 0.6 is 0 Å². The van der Waals surface area contributed by atoms with Crippen LogP contribution in [0.1, 0.15) is 85.8 Å². The van der Waals surface area contributed by atoms with Crippen LogP contribution in [0.2, 0.25) is 0 Å². The summed E-state index contributed by atoms with van der Waals surface area (Å²) in [5.74, 6) is -0.134. The third-order valence-electron chi connectivity index (χ3n) is 5.22. The summed E-state index contributed by atoms with van der Waals surface area (Å²) in [7, 11) is 0. The van der Waals surface area contributed by atoms with E-state index < -0.39 is 0 Å². The maximum Gasteiger partial charge on any atom is 0.287 e. The first-order valence-corrected chi connectivity index (χ1v) is 10.3. The molecule has 0 bridgehead atoms. The fourth-order valence-corrected chi connectivity index (χ4v) is 3.70. The van der Waals surface area contributed by atoms with E-state index >= 15 is 0 Å². The van der Waals surface area contributed by atoms with Crippen LogP contribution in [0, 0.1) is 0 Å². The summed E-state index contributed by atoms with van der Waals surface area (Å²) < 4.78 is 1.72. The van der Waals surface area contributed by atoms with E-state index in [-0.39, 0.29) is 23.7 Å². The average molecular weight is 370 g/mol. The van der Waals surface area contributed by atoms with Crippen molar-refractivity contribution < 1.29 is 9.59 Å². The molecule has 0 atom stereocenters. The third kappa shape index (κ3) is 4.87. The van der Waals surface area contributed by atoms with Gasteiger partial charge in [0.2, 0.25) is 5.82 Å². The summed E-state index contributed by atoms with van der Waals surface area (Å²) in [6, 6.07) is 5.73. The standard InChI is InChI=1S/C21H30N4O2/c1-2-3-9-14-22-20(26)18-17-13-8-10-15-25(17)19(24-18)21(27)23-16-11-6-4-5-7-12-16/h8,10,13,15-16H,2-7,9,11-12,14H2,1H3,(H,22,26)(H,23,27). The van der Waals surface area contributed by atoms with Gasteiger partial charge in [-0.25, -0.2) is 4.98 Å². The van der Waals surface area contributed by atoms with Crippen LogP contribution in [0.25, 0.3) is 5.52 Å². The molecule has 2 N–H and O–H groups in total. The SMILES string of the molecule is CCCCCNC(=O)c1nc(C(=O)NC2CCCCCC2)n2ccccc12. The minimum absolute atomic E-state index is 0.197. The molecule has 1 aliphatic rings. The lowest BCUT2D eigenvalue weighted by molar-refractivity contribution is 0.0922. The van der Waals surface area contributed by atoms with Crippen LogP contribution in [0.4, 0.5) is 0 Å². The van der Waals surface area contributed by atoms with E-state index in [2.05, 4.69) is 22.5 Å². The van der Waals surface area contributed by atoms with Gasteiger partial charge in [0, 0.05) is 18.8 Å². The third-order valence-corrected chi connectivity index (χ3v) is 5.22. The maximum absolute atomic E-state index is 12.8. The molecule has 0 radical (unpaired) electrons. The van der Waals surface area contributed by atoms with Gasteiger partial charge < -0.3 is 10.6 Å². The van der Waals surface area contributed by atoms with Gasteiger partial charge in [-0.2, -0.15) is 0 Å². The molecule has 1 aliphatic carbocycles. The first kappa shape index (κ1) is 19.4. The van der Waals surface area contributed by atoms with Gasteiger partial charge >= 0.3 is 0 Å². The molecule has 0 aliphatic heterocycles. The highest BCUT2D eigenvalue weighted by Crippen LogP contribution is 2.18. The van der Waals surface area contributed by atoms with Gasteiger partial charge in [-0.15, -0.1) is 0 Å². The first-order valence-electron chi connectivity index (χ1n) is 10.3. The second kappa shape index (κ2) is 9.53. The molecule has 0 aromatic carbocycles. The van der Waals surface area contributed by atoms with E-state index in [1.165, 1.54) is 12.8 Å². The fraction of sp³-hybridized carbons (Fsp3) is 0.571. The van der Waals surface area contributed by atoms with Crippen molar-refractivity contribution in [3.05, 3.63) is 35.9 Å². The van der Waals surface area contributed by atoms with Crippen molar-refractivity contribution in [2.24, 2.45) is 0 Å². The highest BCUT2D eigenvalue weighted by molar-refractivity contribution is 6.02. The average Bonchev–Trinajstić information content (AvgIpc) is 2.88. The molecule has 1 saturated carbocycles. The Bertz CT molecular complexity index is 776. The van der Waals surface area contributed by atoms with Crippen LogP contribution in [0.15, 0.2) is 24.4 Å².